The maximum atomic E-state index is 14.4. The Morgan fingerprint density at radius 3 is 1.86 bits per heavy atom. The van der Waals surface area contributed by atoms with E-state index in [1.54, 1.807) is 113 Å². The van der Waals surface area contributed by atoms with E-state index in [0.29, 0.717) is 41.8 Å². The van der Waals surface area contributed by atoms with Gasteiger partial charge in [0.05, 0.1) is 24.5 Å². The second-order valence-electron chi connectivity index (χ2n) is 21.0. The van der Waals surface area contributed by atoms with Crippen molar-refractivity contribution in [3.8, 4) is 11.3 Å². The Balaban J connectivity index is 1.51. The molecular weight excluding hydrogens is 931 g/mol. The van der Waals surface area contributed by atoms with Gasteiger partial charge < -0.3 is 29.0 Å². The van der Waals surface area contributed by atoms with Crippen LogP contribution in [-0.4, -0.2) is 105 Å². The van der Waals surface area contributed by atoms with E-state index in [2.05, 4.69) is 10.3 Å². The van der Waals surface area contributed by atoms with Gasteiger partial charge in [-0.3, -0.25) is 14.6 Å². The van der Waals surface area contributed by atoms with E-state index in [9.17, 15) is 28.8 Å². The molecule has 4 amide bonds. The zero-order chi connectivity index (χ0) is 51.2. The number of ketones is 1. The maximum Gasteiger partial charge on any atom is 0.425 e. The average molecular weight is 998 g/mol. The van der Waals surface area contributed by atoms with E-state index >= 15 is 0 Å². The Labute approximate surface area is 414 Å². The smallest absolute Gasteiger partial charge is 0.425 e. The van der Waals surface area contributed by atoms with Crippen LogP contribution in [0, 0.1) is 0 Å². The molecule has 0 spiro atoms. The molecule has 2 atom stereocenters. The number of imide groups is 1. The summed E-state index contributed by atoms with van der Waals surface area (Å²) in [4.78, 5) is 95.7. The molecule has 19 heteroatoms. The number of anilines is 2. The van der Waals surface area contributed by atoms with Crippen molar-refractivity contribution in [2.75, 3.05) is 22.9 Å². The minimum atomic E-state index is -1.46. The van der Waals surface area contributed by atoms with Crippen LogP contribution in [0.3, 0.4) is 0 Å². The Kier molecular flexibility index (Phi) is 17.4. The SMILES string of the molecule is CC(C)(C)OC(=O)N(Cc1c(Cl)cccc1Cl)c1nc(-c2cccc(CCNC3CCN(C(=O)OC(C)(C)C)[C@@H](C(=O)OC4CCCC4)C3=O)c2)cnc1N(C(=O)OC(C)(C)C)C(=O)OC(C)(C)C. The van der Waals surface area contributed by atoms with Crippen molar-refractivity contribution in [2.24, 2.45) is 0 Å². The van der Waals surface area contributed by atoms with Crippen molar-refractivity contribution in [1.29, 1.82) is 0 Å². The van der Waals surface area contributed by atoms with Crippen LogP contribution in [0.1, 0.15) is 126 Å². The number of carbonyl (C=O) groups excluding carboxylic acids is 6. The number of benzene rings is 2. The summed E-state index contributed by atoms with van der Waals surface area (Å²) in [6.45, 7) is 20.0. The third kappa shape index (κ3) is 15.5. The summed E-state index contributed by atoms with van der Waals surface area (Å²) in [5.74, 6) is -1.95. The number of likely N-dealkylation sites (tertiary alicyclic amines) is 1. The van der Waals surface area contributed by atoms with Crippen LogP contribution in [0.5, 0.6) is 0 Å². The summed E-state index contributed by atoms with van der Waals surface area (Å²) < 4.78 is 28.6. The van der Waals surface area contributed by atoms with Crippen LogP contribution in [0.15, 0.2) is 48.7 Å². The molecule has 1 aromatic heterocycles. The standard InChI is InChI=1S/C50H66Cl2N6O11/c1-47(2,3)66-43(61)56-26-24-36(39(59)38(56)42(60)65-32-19-13-14-20-32)53-25-23-30-17-15-18-31(27-30)37-28-54-40(58(45(63)68-49(7,8)9)46(64)69-50(10,11)12)41(55-37)57(44(62)67-48(4,5)6)29-33-34(51)21-16-22-35(33)52/h15-18,21-22,27-28,32,36,38,53H,13-14,19-20,23-26,29H2,1-12H3/t36?,38-/m1/s1. The normalized spacial score (nSPS) is 17.0. The lowest BCUT2D eigenvalue weighted by Crippen LogP contribution is -2.62. The first-order valence-electron chi connectivity index (χ1n) is 23.1. The Bertz CT molecular complexity index is 2330. The van der Waals surface area contributed by atoms with Crippen LogP contribution in [-0.2, 0) is 46.2 Å². The molecule has 3 aromatic rings. The van der Waals surface area contributed by atoms with Crippen molar-refractivity contribution >= 4 is 71.0 Å². The van der Waals surface area contributed by atoms with Crippen molar-refractivity contribution in [2.45, 2.75) is 169 Å². The highest BCUT2D eigenvalue weighted by Gasteiger charge is 2.46. The number of ether oxygens (including phenoxy) is 5. The molecular formula is C50H66Cl2N6O11. The molecule has 17 nitrogen and oxygen atoms in total. The van der Waals surface area contributed by atoms with Crippen LogP contribution in [0.4, 0.5) is 30.8 Å². The van der Waals surface area contributed by atoms with Crippen molar-refractivity contribution < 1.29 is 52.5 Å². The zero-order valence-electron chi connectivity index (χ0n) is 41.7. The zero-order valence-corrected chi connectivity index (χ0v) is 43.2. The average Bonchev–Trinajstić information content (AvgIpc) is 3.72. The van der Waals surface area contributed by atoms with E-state index in [4.69, 9.17) is 51.9 Å². The number of carbonyl (C=O) groups is 6. The van der Waals surface area contributed by atoms with Crippen molar-refractivity contribution in [3.63, 3.8) is 0 Å². The van der Waals surface area contributed by atoms with Gasteiger partial charge >= 0.3 is 30.3 Å². The molecule has 1 aliphatic carbocycles. The van der Waals surface area contributed by atoms with Gasteiger partial charge in [0.1, 0.15) is 28.5 Å². The number of rotatable bonds is 11. The van der Waals surface area contributed by atoms with Crippen LogP contribution in [0.25, 0.3) is 11.3 Å². The van der Waals surface area contributed by atoms with Gasteiger partial charge in [0, 0.05) is 27.7 Å². The van der Waals surface area contributed by atoms with Gasteiger partial charge in [0.2, 0.25) is 0 Å². The largest absolute Gasteiger partial charge is 0.461 e. The third-order valence-corrected chi connectivity index (χ3v) is 11.1. The predicted molar refractivity (Wildman–Crippen MR) is 261 cm³/mol. The molecule has 0 radical (unpaired) electrons. The lowest BCUT2D eigenvalue weighted by molar-refractivity contribution is -0.160. The molecule has 2 fully saturated rings. The Hall–Kier alpha value is -5.52. The van der Waals surface area contributed by atoms with Gasteiger partial charge in [-0.25, -0.2) is 33.9 Å². The minimum Gasteiger partial charge on any atom is -0.461 e. The predicted octanol–water partition coefficient (Wildman–Crippen LogP) is 10.6. The van der Waals surface area contributed by atoms with E-state index in [1.807, 2.05) is 12.1 Å². The van der Waals surface area contributed by atoms with Gasteiger partial charge in [-0.2, -0.15) is 4.90 Å². The fourth-order valence-corrected chi connectivity index (χ4v) is 7.97. The first-order valence-corrected chi connectivity index (χ1v) is 23.9. The Morgan fingerprint density at radius 2 is 1.29 bits per heavy atom. The maximum absolute atomic E-state index is 14.4. The number of piperidine rings is 1. The molecule has 1 N–H and O–H groups in total. The molecule has 1 saturated heterocycles. The van der Waals surface area contributed by atoms with E-state index < -0.39 is 76.4 Å². The number of aromatic nitrogens is 2. The monoisotopic (exact) mass is 996 g/mol. The lowest BCUT2D eigenvalue weighted by Gasteiger charge is -2.38. The highest BCUT2D eigenvalue weighted by atomic mass is 35.5. The van der Waals surface area contributed by atoms with Gasteiger partial charge in [0.25, 0.3) is 0 Å². The summed E-state index contributed by atoms with van der Waals surface area (Å²) in [6.07, 6.45) is 0.926. The van der Waals surface area contributed by atoms with E-state index in [-0.39, 0.29) is 47.2 Å². The number of nitrogens with zero attached hydrogens (tertiary/aromatic N) is 5. The number of halogens is 2. The third-order valence-electron chi connectivity index (χ3n) is 10.4. The van der Waals surface area contributed by atoms with Crippen LogP contribution >= 0.6 is 23.2 Å². The number of nitrogens with one attached hydrogen (secondary N) is 1. The molecule has 1 unspecified atom stereocenters. The Morgan fingerprint density at radius 1 is 0.739 bits per heavy atom. The summed E-state index contributed by atoms with van der Waals surface area (Å²) in [6, 6.07) is 9.90. The first kappa shape index (κ1) is 54.4. The van der Waals surface area contributed by atoms with E-state index in [1.165, 1.54) is 11.1 Å². The lowest BCUT2D eigenvalue weighted by atomic mass is 9.95. The first-order chi connectivity index (χ1) is 32.0. The number of amides is 4. The molecule has 69 heavy (non-hydrogen) atoms. The van der Waals surface area contributed by atoms with Crippen LogP contribution in [0.2, 0.25) is 10.0 Å². The summed E-state index contributed by atoms with van der Waals surface area (Å²) in [7, 11) is 0. The molecule has 0 bridgehead atoms. The number of esters is 1. The highest BCUT2D eigenvalue weighted by molar-refractivity contribution is 6.36. The van der Waals surface area contributed by atoms with Crippen LogP contribution < -0.4 is 15.1 Å². The number of hydrogen-bond donors (Lipinski definition) is 1. The second-order valence-corrected chi connectivity index (χ2v) is 21.8. The molecule has 2 heterocycles. The summed E-state index contributed by atoms with van der Waals surface area (Å²) in [5, 5.41) is 3.72. The van der Waals surface area contributed by atoms with Crippen molar-refractivity contribution in [1.82, 2.24) is 20.2 Å². The molecule has 2 aliphatic rings. The second kappa shape index (κ2) is 22.1. The summed E-state index contributed by atoms with van der Waals surface area (Å²) in [5.41, 5.74) is -2.16. The molecule has 1 aliphatic heterocycles. The number of Topliss-reactive ketones (excluding diaryl/α,β-unsaturated/α-hetero) is 1. The van der Waals surface area contributed by atoms with Gasteiger partial charge in [-0.05, 0) is 152 Å². The fourth-order valence-electron chi connectivity index (χ4n) is 7.46. The topological polar surface area (TPSA) is 196 Å². The fraction of sp³-hybridized carbons (Fsp3) is 0.560. The van der Waals surface area contributed by atoms with Gasteiger partial charge in [-0.15, -0.1) is 0 Å². The number of hydrogen-bond acceptors (Lipinski definition) is 14. The summed E-state index contributed by atoms with van der Waals surface area (Å²) >= 11 is 13.3. The highest BCUT2D eigenvalue weighted by Crippen LogP contribution is 2.36. The molecule has 1 saturated carbocycles. The minimum absolute atomic E-state index is 0.0948. The van der Waals surface area contributed by atoms with E-state index in [0.717, 1.165) is 23.3 Å². The van der Waals surface area contributed by atoms with Crippen molar-refractivity contribution in [3.05, 3.63) is 69.8 Å². The molecule has 5 rings (SSSR count). The molecule has 376 valence electrons. The van der Waals surface area contributed by atoms with Gasteiger partial charge in [-0.1, -0.05) is 47.5 Å². The van der Waals surface area contributed by atoms with Gasteiger partial charge in [0.15, 0.2) is 23.5 Å². The quantitative estimate of drug-likeness (QED) is 0.108. The molecule has 2 aromatic carbocycles.